The largest absolute Gasteiger partial charge is 0.481 e. The number of carbonyl (C=O) groups is 5. The van der Waals surface area contributed by atoms with Gasteiger partial charge in [-0.15, -0.1) is 11.8 Å². The van der Waals surface area contributed by atoms with Crippen LogP contribution < -0.4 is 22.1 Å². The summed E-state index contributed by atoms with van der Waals surface area (Å²) >= 11 is 10.8. The number of nitrogen functional groups attached to an aromatic ring is 1. The molecule has 240 valence electrons. The van der Waals surface area contributed by atoms with E-state index in [4.69, 9.17) is 28.2 Å². The van der Waals surface area contributed by atoms with Crippen molar-refractivity contribution in [3.8, 4) is 0 Å². The second-order valence-electron chi connectivity index (χ2n) is 9.19. The molecule has 4 rings (SSSR count). The van der Waals surface area contributed by atoms with E-state index in [9.17, 15) is 34.3 Å². The van der Waals surface area contributed by atoms with E-state index in [0.29, 0.717) is 16.4 Å². The van der Waals surface area contributed by atoms with Gasteiger partial charge in [0.05, 0.1) is 12.5 Å². The zero-order chi connectivity index (χ0) is 32.8. The normalized spacial score (nSPS) is 18.6. The maximum atomic E-state index is 13.1. The lowest BCUT2D eigenvalue weighted by molar-refractivity contribution is -0.150. The molecule has 2 aliphatic heterocycles. The van der Waals surface area contributed by atoms with Crippen LogP contribution >= 0.6 is 58.2 Å². The molecule has 0 aliphatic carbocycles. The number of amides is 3. The van der Waals surface area contributed by atoms with Crippen LogP contribution in [0.15, 0.2) is 39.1 Å². The lowest BCUT2D eigenvalue weighted by atomic mass is 10.0. The fourth-order valence-electron chi connectivity index (χ4n) is 4.14. The van der Waals surface area contributed by atoms with Crippen LogP contribution in [0.1, 0.15) is 17.7 Å². The van der Waals surface area contributed by atoms with Gasteiger partial charge in [0.1, 0.15) is 27.1 Å². The van der Waals surface area contributed by atoms with Gasteiger partial charge in [-0.2, -0.15) is 11.8 Å². The minimum atomic E-state index is -1.31. The zero-order valence-electron chi connectivity index (χ0n) is 22.8. The molecule has 0 aromatic carbocycles. The predicted octanol–water partition coefficient (Wildman–Crippen LogP) is 0.592. The summed E-state index contributed by atoms with van der Waals surface area (Å²) < 4.78 is 0.0141. The van der Waals surface area contributed by atoms with Gasteiger partial charge < -0.3 is 37.5 Å². The Morgan fingerprint density at radius 1 is 1.29 bits per heavy atom. The monoisotopic (exact) mass is 716 g/mol. The number of β-lactam (4-membered cyclic amide) rings is 1. The van der Waals surface area contributed by atoms with Crippen molar-refractivity contribution >= 4 is 98.7 Å². The quantitative estimate of drug-likeness (QED) is 0.0464. The molecule has 2 unspecified atom stereocenters. The molecular weight excluding hydrogens is 692 g/mol. The lowest BCUT2D eigenvalue weighted by Gasteiger charge is -2.49. The fourth-order valence-corrected chi connectivity index (χ4v) is 8.56. The SMILES string of the molecule is Nc1nc(/C(=N/O)C(=O)NC2C(=O)N3C(C(=O)O)=C(Sc4ccncc4CSCCNC(=O)[C@@H](N)CC(=O)O)CSC23)c(Cl)s1. The number of aromatic nitrogens is 2. The number of anilines is 1. The molecule has 4 heterocycles. The van der Waals surface area contributed by atoms with Gasteiger partial charge in [0.25, 0.3) is 11.8 Å². The Hall–Kier alpha value is -3.56. The van der Waals surface area contributed by atoms with Gasteiger partial charge in [0.15, 0.2) is 10.8 Å². The summed E-state index contributed by atoms with van der Waals surface area (Å²) in [6.07, 6.45) is 2.72. The Morgan fingerprint density at radius 3 is 2.69 bits per heavy atom. The molecule has 1 saturated heterocycles. The average molecular weight is 717 g/mol. The third-order valence-corrected chi connectivity index (χ3v) is 10.9. The molecule has 9 N–H and O–H groups in total. The van der Waals surface area contributed by atoms with Crippen molar-refractivity contribution in [1.29, 1.82) is 0 Å². The number of oxime groups is 1. The van der Waals surface area contributed by atoms with E-state index in [2.05, 4.69) is 25.8 Å². The Bertz CT molecular complexity index is 1590. The third-order valence-electron chi connectivity index (χ3n) is 6.19. The number of pyridine rings is 1. The Kier molecular flexibility index (Phi) is 11.6. The van der Waals surface area contributed by atoms with E-state index in [1.54, 1.807) is 18.5 Å². The zero-order valence-corrected chi connectivity index (χ0v) is 26.9. The van der Waals surface area contributed by atoms with E-state index in [0.717, 1.165) is 26.7 Å². The predicted molar refractivity (Wildman–Crippen MR) is 169 cm³/mol. The molecule has 2 aromatic heterocycles. The Labute approximate surface area is 276 Å². The molecular formula is C24H25ClN8O8S4. The van der Waals surface area contributed by atoms with Gasteiger partial charge in [-0.3, -0.25) is 29.1 Å². The molecule has 0 saturated carbocycles. The topological polar surface area (TPSA) is 264 Å². The Balaban J connectivity index is 1.39. The molecule has 0 spiro atoms. The van der Waals surface area contributed by atoms with Crippen LogP contribution in [0.3, 0.4) is 0 Å². The molecule has 21 heteroatoms. The smallest absolute Gasteiger partial charge is 0.353 e. The number of halogens is 1. The third kappa shape index (κ3) is 8.00. The number of carboxylic acids is 2. The molecule has 2 aliphatic rings. The van der Waals surface area contributed by atoms with E-state index in [1.165, 1.54) is 35.3 Å². The second-order valence-corrected chi connectivity index (χ2v) is 14.2. The fraction of sp³-hybridized carbons (Fsp3) is 0.333. The van der Waals surface area contributed by atoms with Gasteiger partial charge >= 0.3 is 11.9 Å². The number of fused-ring (bicyclic) bond motifs is 1. The molecule has 3 amide bonds. The van der Waals surface area contributed by atoms with Crippen molar-refractivity contribution in [3.05, 3.63) is 44.7 Å². The minimum absolute atomic E-state index is 0.0141. The van der Waals surface area contributed by atoms with Crippen LogP contribution in [0.25, 0.3) is 0 Å². The van der Waals surface area contributed by atoms with E-state index in [-0.39, 0.29) is 33.2 Å². The van der Waals surface area contributed by atoms with Crippen molar-refractivity contribution in [3.63, 3.8) is 0 Å². The van der Waals surface area contributed by atoms with Crippen molar-refractivity contribution < 1.29 is 39.4 Å². The van der Waals surface area contributed by atoms with Gasteiger partial charge in [-0.25, -0.2) is 9.78 Å². The number of nitrogens with zero attached hydrogens (tertiary/aromatic N) is 4. The van der Waals surface area contributed by atoms with Crippen LogP contribution in [-0.2, 0) is 29.7 Å². The van der Waals surface area contributed by atoms with E-state index < -0.39 is 59.3 Å². The maximum absolute atomic E-state index is 13.1. The summed E-state index contributed by atoms with van der Waals surface area (Å²) in [7, 11) is 0. The summed E-state index contributed by atoms with van der Waals surface area (Å²) in [6, 6.07) is -0.511. The number of aliphatic carboxylic acids is 2. The summed E-state index contributed by atoms with van der Waals surface area (Å²) in [6.45, 7) is 0.261. The highest BCUT2D eigenvalue weighted by Crippen LogP contribution is 2.46. The first-order valence-electron chi connectivity index (χ1n) is 12.7. The molecule has 45 heavy (non-hydrogen) atoms. The number of thiazole rings is 1. The van der Waals surface area contributed by atoms with Crippen LogP contribution in [0, 0.1) is 0 Å². The Morgan fingerprint density at radius 2 is 2.04 bits per heavy atom. The van der Waals surface area contributed by atoms with Gasteiger partial charge in [0.2, 0.25) is 5.91 Å². The van der Waals surface area contributed by atoms with Crippen molar-refractivity contribution in [2.45, 2.75) is 34.5 Å². The van der Waals surface area contributed by atoms with Crippen molar-refractivity contribution in [2.75, 3.05) is 23.8 Å². The van der Waals surface area contributed by atoms with Crippen molar-refractivity contribution in [1.82, 2.24) is 25.5 Å². The minimum Gasteiger partial charge on any atom is -0.481 e. The highest BCUT2D eigenvalue weighted by atomic mass is 35.5. The number of nitrogens with one attached hydrogen (secondary N) is 2. The number of hydrogen-bond donors (Lipinski definition) is 7. The first kappa shape index (κ1) is 34.3. The second kappa shape index (κ2) is 15.1. The van der Waals surface area contributed by atoms with Crippen molar-refractivity contribution in [2.24, 2.45) is 10.9 Å². The lowest BCUT2D eigenvalue weighted by Crippen LogP contribution is -2.71. The highest BCUT2D eigenvalue weighted by molar-refractivity contribution is 8.06. The van der Waals surface area contributed by atoms with Gasteiger partial charge in [0, 0.05) is 46.0 Å². The maximum Gasteiger partial charge on any atom is 0.353 e. The standard InChI is InChI=1S/C24H25ClN8O8S4/c25-18-14(31-24(27)45-18)15(32-41)20(37)30-16-21(38)33-17(23(39)40)12(8-43-22(16)33)44-11-1-2-28-6-9(11)7-42-4-3-29-19(36)10(26)5-13(34)35/h1-2,6,10,16,22,41H,3-5,7-8,26H2,(H2,27,31)(H,29,36)(H,30,37)(H,34,35)(H,39,40)/b32-15-/t10-,16?,22?/m0/s1. The van der Waals surface area contributed by atoms with E-state index in [1.807, 2.05) is 0 Å². The first-order chi connectivity index (χ1) is 21.4. The molecule has 0 bridgehead atoms. The summed E-state index contributed by atoms with van der Waals surface area (Å²) in [4.78, 5) is 71.2. The number of nitrogens with two attached hydrogens (primary N) is 2. The van der Waals surface area contributed by atoms with Crippen LogP contribution in [0.5, 0.6) is 0 Å². The molecule has 3 atom stereocenters. The molecule has 2 aromatic rings. The summed E-state index contributed by atoms with van der Waals surface area (Å²) in [5, 5.41) is 35.6. The molecule has 0 radical (unpaired) electrons. The number of rotatable bonds is 14. The average Bonchev–Trinajstić information content (AvgIpc) is 3.32. The highest BCUT2D eigenvalue weighted by Gasteiger charge is 2.54. The molecule has 16 nitrogen and oxygen atoms in total. The number of hydrogen-bond acceptors (Lipinski definition) is 15. The summed E-state index contributed by atoms with van der Waals surface area (Å²) in [5.74, 6) is -3.46. The van der Waals surface area contributed by atoms with Gasteiger partial charge in [-0.1, -0.05) is 39.9 Å². The van der Waals surface area contributed by atoms with Crippen LogP contribution in [-0.4, -0.2) is 101 Å². The van der Waals surface area contributed by atoms with Crippen LogP contribution in [0.4, 0.5) is 5.13 Å². The van der Waals surface area contributed by atoms with Crippen LogP contribution in [0.2, 0.25) is 4.34 Å². The number of thioether (sulfide) groups is 3. The molecule has 1 fully saturated rings. The van der Waals surface area contributed by atoms with E-state index >= 15 is 0 Å². The first-order valence-corrected chi connectivity index (χ1v) is 16.9. The van der Waals surface area contributed by atoms with Gasteiger partial charge in [-0.05, 0) is 11.6 Å². The summed E-state index contributed by atoms with van der Waals surface area (Å²) in [5.41, 5.74) is 11.0. The number of carbonyl (C=O) groups excluding carboxylic acids is 3. The number of carboxylic acid groups (broad SMARTS) is 2.